The van der Waals surface area contributed by atoms with E-state index in [4.69, 9.17) is 4.74 Å². The molecule has 1 fully saturated rings. The molecule has 0 aliphatic carbocycles. The van der Waals surface area contributed by atoms with Crippen molar-refractivity contribution in [3.8, 4) is 0 Å². The quantitative estimate of drug-likeness (QED) is 0.856. The van der Waals surface area contributed by atoms with Crippen LogP contribution in [0.5, 0.6) is 0 Å². The molecule has 5 nitrogen and oxygen atoms in total. The van der Waals surface area contributed by atoms with Crippen LogP contribution in [0.3, 0.4) is 0 Å². The van der Waals surface area contributed by atoms with Gasteiger partial charge in [0, 0.05) is 43.5 Å². The lowest BCUT2D eigenvalue weighted by Crippen LogP contribution is -2.45. The number of amides is 1. The Balaban J connectivity index is 1.57. The number of ether oxygens (including phenoxy) is 1. The standard InChI is InChI=1S/C21H23F2N3O2/c22-15-6-7-16(18(23)14-15)20-24-19-5-2-1-4-17(19)21(27)26(20)9-3-8-25-10-12-28-13-11-25/h1-2,4-7,14,20,24H,3,8-13H2. The Morgan fingerprint density at radius 3 is 2.64 bits per heavy atom. The van der Waals surface area contributed by atoms with E-state index in [2.05, 4.69) is 10.2 Å². The van der Waals surface area contributed by atoms with Gasteiger partial charge < -0.3 is 15.0 Å². The second-order valence-electron chi connectivity index (χ2n) is 7.06. The van der Waals surface area contributed by atoms with Gasteiger partial charge in [0.1, 0.15) is 17.8 Å². The first-order valence-electron chi connectivity index (χ1n) is 9.55. The van der Waals surface area contributed by atoms with Gasteiger partial charge in [0.15, 0.2) is 0 Å². The number of hydrogen-bond acceptors (Lipinski definition) is 4. The van der Waals surface area contributed by atoms with E-state index in [9.17, 15) is 13.6 Å². The monoisotopic (exact) mass is 387 g/mol. The van der Waals surface area contributed by atoms with Crippen LogP contribution in [0.4, 0.5) is 14.5 Å². The molecule has 0 bridgehead atoms. The Kier molecular flexibility index (Phi) is 5.54. The Bertz CT molecular complexity index is 855. The first-order valence-corrected chi connectivity index (χ1v) is 9.55. The zero-order valence-corrected chi connectivity index (χ0v) is 15.5. The molecular weight excluding hydrogens is 364 g/mol. The molecule has 2 aromatic carbocycles. The molecule has 0 saturated carbocycles. The van der Waals surface area contributed by atoms with Gasteiger partial charge in [-0.15, -0.1) is 0 Å². The maximum absolute atomic E-state index is 14.5. The molecule has 2 aliphatic rings. The number of morpholine rings is 1. The molecule has 1 unspecified atom stereocenters. The minimum atomic E-state index is -0.673. The predicted molar refractivity (Wildman–Crippen MR) is 102 cm³/mol. The Morgan fingerprint density at radius 1 is 1.07 bits per heavy atom. The van der Waals surface area contributed by atoms with Crippen LogP contribution in [0.25, 0.3) is 0 Å². The van der Waals surface area contributed by atoms with Crippen LogP contribution in [0.1, 0.15) is 28.5 Å². The number of carbonyl (C=O) groups excluding carboxylic acids is 1. The molecule has 1 N–H and O–H groups in total. The molecule has 2 aliphatic heterocycles. The third kappa shape index (κ3) is 3.86. The zero-order valence-electron chi connectivity index (χ0n) is 15.5. The summed E-state index contributed by atoms with van der Waals surface area (Å²) in [4.78, 5) is 17.1. The third-order valence-electron chi connectivity index (χ3n) is 5.26. The molecule has 0 aromatic heterocycles. The molecule has 4 rings (SSSR count). The van der Waals surface area contributed by atoms with E-state index in [1.165, 1.54) is 12.1 Å². The van der Waals surface area contributed by atoms with Crippen molar-refractivity contribution >= 4 is 11.6 Å². The highest BCUT2D eigenvalue weighted by atomic mass is 19.1. The average molecular weight is 387 g/mol. The number of nitrogens with one attached hydrogen (secondary N) is 1. The van der Waals surface area contributed by atoms with Gasteiger partial charge in [-0.3, -0.25) is 9.69 Å². The van der Waals surface area contributed by atoms with E-state index in [0.29, 0.717) is 17.8 Å². The molecule has 7 heteroatoms. The zero-order chi connectivity index (χ0) is 19.5. The number of hydrogen-bond donors (Lipinski definition) is 1. The van der Waals surface area contributed by atoms with Crippen LogP contribution < -0.4 is 5.32 Å². The molecule has 2 heterocycles. The van der Waals surface area contributed by atoms with Crippen LogP contribution >= 0.6 is 0 Å². The molecule has 1 amide bonds. The molecule has 0 radical (unpaired) electrons. The lowest BCUT2D eigenvalue weighted by molar-refractivity contribution is 0.0348. The molecule has 148 valence electrons. The number of benzene rings is 2. The summed E-state index contributed by atoms with van der Waals surface area (Å²) in [5, 5.41) is 3.25. The van der Waals surface area contributed by atoms with Crippen molar-refractivity contribution in [2.75, 3.05) is 44.7 Å². The van der Waals surface area contributed by atoms with Gasteiger partial charge in [-0.1, -0.05) is 12.1 Å². The molecule has 0 spiro atoms. The van der Waals surface area contributed by atoms with Gasteiger partial charge in [-0.25, -0.2) is 8.78 Å². The maximum atomic E-state index is 14.5. The average Bonchev–Trinajstić information content (AvgIpc) is 2.70. The summed E-state index contributed by atoms with van der Waals surface area (Å²) in [7, 11) is 0. The summed E-state index contributed by atoms with van der Waals surface area (Å²) >= 11 is 0. The second kappa shape index (κ2) is 8.24. The number of nitrogens with zero attached hydrogens (tertiary/aromatic N) is 2. The van der Waals surface area contributed by atoms with Gasteiger partial charge in [-0.2, -0.15) is 0 Å². The van der Waals surface area contributed by atoms with E-state index in [1.54, 1.807) is 17.0 Å². The minimum Gasteiger partial charge on any atom is -0.379 e. The van der Waals surface area contributed by atoms with Crippen molar-refractivity contribution in [3.63, 3.8) is 0 Å². The summed E-state index contributed by atoms with van der Waals surface area (Å²) in [6, 6.07) is 10.7. The number of fused-ring (bicyclic) bond motifs is 1. The van der Waals surface area contributed by atoms with Gasteiger partial charge in [0.2, 0.25) is 0 Å². The van der Waals surface area contributed by atoms with E-state index < -0.39 is 17.8 Å². The van der Waals surface area contributed by atoms with Gasteiger partial charge in [0.05, 0.1) is 18.8 Å². The third-order valence-corrected chi connectivity index (χ3v) is 5.26. The smallest absolute Gasteiger partial charge is 0.257 e. The number of anilines is 1. The van der Waals surface area contributed by atoms with Crippen molar-refractivity contribution in [3.05, 3.63) is 65.2 Å². The first-order chi connectivity index (χ1) is 13.6. The number of carbonyl (C=O) groups is 1. The van der Waals surface area contributed by atoms with E-state index in [-0.39, 0.29) is 11.5 Å². The summed E-state index contributed by atoms with van der Waals surface area (Å²) in [5.74, 6) is -1.45. The van der Waals surface area contributed by atoms with Crippen molar-refractivity contribution in [1.82, 2.24) is 9.80 Å². The van der Waals surface area contributed by atoms with Crippen LogP contribution in [-0.4, -0.2) is 55.1 Å². The van der Waals surface area contributed by atoms with Crippen LogP contribution in [0, 0.1) is 11.6 Å². The predicted octanol–water partition coefficient (Wildman–Crippen LogP) is 3.25. The molecule has 1 saturated heterocycles. The van der Waals surface area contributed by atoms with Gasteiger partial charge in [-0.05, 0) is 30.7 Å². The van der Waals surface area contributed by atoms with E-state index in [1.807, 2.05) is 12.1 Å². The van der Waals surface area contributed by atoms with E-state index >= 15 is 0 Å². The molecule has 1 atom stereocenters. The summed E-state index contributed by atoms with van der Waals surface area (Å²) in [6.07, 6.45) is 0.0854. The molecule has 28 heavy (non-hydrogen) atoms. The van der Waals surface area contributed by atoms with Crippen molar-refractivity contribution < 1.29 is 18.3 Å². The van der Waals surface area contributed by atoms with Gasteiger partial charge in [0.25, 0.3) is 5.91 Å². The highest BCUT2D eigenvalue weighted by Gasteiger charge is 2.34. The number of para-hydroxylation sites is 1. The Labute approximate surface area is 162 Å². The SMILES string of the molecule is O=C1c2ccccc2NC(c2ccc(F)cc2F)N1CCCN1CCOCC1. The highest BCUT2D eigenvalue weighted by molar-refractivity contribution is 6.01. The van der Waals surface area contributed by atoms with Crippen molar-refractivity contribution in [1.29, 1.82) is 0 Å². The lowest BCUT2D eigenvalue weighted by Gasteiger charge is -2.38. The topological polar surface area (TPSA) is 44.8 Å². The maximum Gasteiger partial charge on any atom is 0.257 e. The largest absolute Gasteiger partial charge is 0.379 e. The van der Waals surface area contributed by atoms with Crippen molar-refractivity contribution in [2.24, 2.45) is 0 Å². The number of rotatable bonds is 5. The van der Waals surface area contributed by atoms with Gasteiger partial charge >= 0.3 is 0 Å². The van der Waals surface area contributed by atoms with Crippen LogP contribution in [0.2, 0.25) is 0 Å². The highest BCUT2D eigenvalue weighted by Crippen LogP contribution is 2.34. The fourth-order valence-corrected chi connectivity index (χ4v) is 3.78. The Morgan fingerprint density at radius 2 is 1.86 bits per heavy atom. The normalized spacial score (nSPS) is 20.0. The summed E-state index contributed by atoms with van der Waals surface area (Å²) in [5.41, 5.74) is 1.48. The summed E-state index contributed by atoms with van der Waals surface area (Å²) < 4.78 is 33.2. The van der Waals surface area contributed by atoms with Crippen LogP contribution in [0.15, 0.2) is 42.5 Å². The fourth-order valence-electron chi connectivity index (χ4n) is 3.78. The Hall–Kier alpha value is -2.51. The molecular formula is C21H23F2N3O2. The van der Waals surface area contributed by atoms with E-state index in [0.717, 1.165) is 45.3 Å². The minimum absolute atomic E-state index is 0.148. The molecule has 2 aromatic rings. The van der Waals surface area contributed by atoms with Crippen molar-refractivity contribution in [2.45, 2.75) is 12.6 Å². The fraction of sp³-hybridized carbons (Fsp3) is 0.381. The number of halogens is 2. The second-order valence-corrected chi connectivity index (χ2v) is 7.06. The van der Waals surface area contributed by atoms with Crippen LogP contribution in [-0.2, 0) is 4.74 Å². The lowest BCUT2D eigenvalue weighted by atomic mass is 10.0. The first kappa shape index (κ1) is 18.8. The summed E-state index contributed by atoms with van der Waals surface area (Å²) in [6.45, 7) is 4.52.